The van der Waals surface area contributed by atoms with E-state index < -0.39 is 11.5 Å². The minimum Gasteiger partial charge on any atom is -0.365 e. The highest BCUT2D eigenvalue weighted by molar-refractivity contribution is 7.09. The van der Waals surface area contributed by atoms with Crippen molar-refractivity contribution in [3.63, 3.8) is 0 Å². The van der Waals surface area contributed by atoms with Crippen molar-refractivity contribution in [1.29, 1.82) is 0 Å². The average molecular weight is 437 g/mol. The van der Waals surface area contributed by atoms with Crippen LogP contribution in [0.3, 0.4) is 0 Å². The van der Waals surface area contributed by atoms with Gasteiger partial charge in [0.1, 0.15) is 11.3 Å². The molecule has 2 aromatic heterocycles. The van der Waals surface area contributed by atoms with Crippen LogP contribution in [0.4, 0.5) is 0 Å². The molecule has 0 saturated carbocycles. The molecule has 2 amide bonds. The van der Waals surface area contributed by atoms with Crippen molar-refractivity contribution in [3.8, 4) is 0 Å². The van der Waals surface area contributed by atoms with Crippen LogP contribution in [0.2, 0.25) is 0 Å². The Labute approximate surface area is 184 Å². The molecule has 1 aliphatic rings. The number of rotatable bonds is 6. The number of carbonyl (C=O) groups is 2. The Kier molecular flexibility index (Phi) is 5.99. The maximum atomic E-state index is 13.0. The summed E-state index contributed by atoms with van der Waals surface area (Å²) in [4.78, 5) is 44.3. The molecular weight excluding hydrogens is 412 g/mol. The number of benzene rings is 1. The molecule has 1 aromatic carbocycles. The summed E-state index contributed by atoms with van der Waals surface area (Å²) in [5.74, 6) is -0.863. The van der Waals surface area contributed by atoms with Gasteiger partial charge in [-0.3, -0.25) is 14.4 Å². The highest BCUT2D eigenvalue weighted by Gasteiger charge is 2.28. The summed E-state index contributed by atoms with van der Waals surface area (Å²) >= 11 is 1.50. The number of carbonyl (C=O) groups excluding carboxylic acids is 2. The van der Waals surface area contributed by atoms with E-state index in [0.717, 1.165) is 29.0 Å². The molecule has 2 N–H and O–H groups in total. The van der Waals surface area contributed by atoms with Crippen LogP contribution < -0.4 is 11.3 Å². The molecule has 0 radical (unpaired) electrons. The standard InChI is InChI=1S/C23H24N4O3S/c1-2-6-19-25-18(14-31-19)22(29)26-10-9-17-16(12-26)13-27(23(30)20(17)21(24)28)11-15-7-4-3-5-8-15/h3-5,7-8,13-14H,2,6,9-12H2,1H3,(H2,24,28). The van der Waals surface area contributed by atoms with Gasteiger partial charge < -0.3 is 15.2 Å². The van der Waals surface area contributed by atoms with Crippen molar-refractivity contribution in [2.24, 2.45) is 5.73 Å². The van der Waals surface area contributed by atoms with E-state index in [1.165, 1.54) is 15.9 Å². The van der Waals surface area contributed by atoms with E-state index in [-0.39, 0.29) is 11.5 Å². The number of hydrogen-bond donors (Lipinski definition) is 1. The summed E-state index contributed by atoms with van der Waals surface area (Å²) in [5, 5.41) is 2.75. The Hall–Kier alpha value is -3.26. The summed E-state index contributed by atoms with van der Waals surface area (Å²) in [6.07, 6.45) is 3.99. The number of thiazole rings is 1. The van der Waals surface area contributed by atoms with Crippen LogP contribution in [0.15, 0.2) is 46.7 Å². The van der Waals surface area contributed by atoms with Gasteiger partial charge in [0, 0.05) is 24.7 Å². The molecule has 8 heteroatoms. The number of pyridine rings is 1. The third-order valence-electron chi connectivity index (χ3n) is 5.43. The van der Waals surface area contributed by atoms with Gasteiger partial charge in [0.2, 0.25) is 0 Å². The van der Waals surface area contributed by atoms with Gasteiger partial charge in [-0.15, -0.1) is 11.3 Å². The monoisotopic (exact) mass is 436 g/mol. The van der Waals surface area contributed by atoms with Crippen LogP contribution in [-0.4, -0.2) is 32.8 Å². The van der Waals surface area contributed by atoms with Gasteiger partial charge in [-0.1, -0.05) is 37.3 Å². The fraction of sp³-hybridized carbons (Fsp3) is 0.304. The lowest BCUT2D eigenvalue weighted by molar-refractivity contribution is 0.0728. The van der Waals surface area contributed by atoms with Gasteiger partial charge in [0.25, 0.3) is 17.4 Å². The van der Waals surface area contributed by atoms with Crippen molar-refractivity contribution in [2.75, 3.05) is 6.54 Å². The summed E-state index contributed by atoms with van der Waals surface area (Å²) in [6, 6.07) is 9.54. The number of hydrogen-bond acceptors (Lipinski definition) is 5. The third kappa shape index (κ3) is 4.29. The van der Waals surface area contributed by atoms with Gasteiger partial charge in [-0.05, 0) is 36.0 Å². The first-order chi connectivity index (χ1) is 15.0. The van der Waals surface area contributed by atoms with E-state index in [1.54, 1.807) is 16.5 Å². The van der Waals surface area contributed by atoms with Gasteiger partial charge in [0.15, 0.2) is 0 Å². The summed E-state index contributed by atoms with van der Waals surface area (Å²) in [7, 11) is 0. The quantitative estimate of drug-likeness (QED) is 0.642. The molecule has 0 atom stereocenters. The first-order valence-corrected chi connectivity index (χ1v) is 11.2. The summed E-state index contributed by atoms with van der Waals surface area (Å²) in [5.41, 5.74) is 8.02. The molecular formula is C23H24N4O3S. The number of nitrogens with zero attached hydrogens (tertiary/aromatic N) is 3. The van der Waals surface area contributed by atoms with Gasteiger partial charge in [0.05, 0.1) is 11.6 Å². The number of aromatic nitrogens is 2. The molecule has 1 aliphatic heterocycles. The molecule has 3 aromatic rings. The largest absolute Gasteiger partial charge is 0.365 e. The summed E-state index contributed by atoms with van der Waals surface area (Å²) in [6.45, 7) is 3.13. The number of primary amides is 1. The zero-order chi connectivity index (χ0) is 22.0. The maximum Gasteiger partial charge on any atom is 0.273 e. The highest BCUT2D eigenvalue weighted by atomic mass is 32.1. The highest BCUT2D eigenvalue weighted by Crippen LogP contribution is 2.23. The molecule has 160 valence electrons. The fourth-order valence-corrected chi connectivity index (χ4v) is 4.81. The topological polar surface area (TPSA) is 98.3 Å². The number of aryl methyl sites for hydroxylation is 1. The number of fused-ring (bicyclic) bond motifs is 1. The lowest BCUT2D eigenvalue weighted by Crippen LogP contribution is -2.40. The van der Waals surface area contributed by atoms with Crippen molar-refractivity contribution in [2.45, 2.75) is 39.3 Å². The molecule has 0 fully saturated rings. The molecule has 0 bridgehead atoms. The molecule has 0 spiro atoms. The number of amides is 2. The van der Waals surface area contributed by atoms with Crippen molar-refractivity contribution in [1.82, 2.24) is 14.5 Å². The Morgan fingerprint density at radius 1 is 1.23 bits per heavy atom. The van der Waals surface area contributed by atoms with E-state index in [9.17, 15) is 14.4 Å². The second-order valence-corrected chi connectivity index (χ2v) is 8.59. The first-order valence-electron chi connectivity index (χ1n) is 10.3. The van der Waals surface area contributed by atoms with E-state index in [1.807, 2.05) is 30.3 Å². The fourth-order valence-electron chi connectivity index (χ4n) is 3.94. The number of nitrogens with two attached hydrogens (primary N) is 1. The molecule has 3 heterocycles. The average Bonchev–Trinajstić information content (AvgIpc) is 3.23. The van der Waals surface area contributed by atoms with Crippen LogP contribution in [-0.2, 0) is 25.9 Å². The predicted molar refractivity (Wildman–Crippen MR) is 119 cm³/mol. The molecule has 0 aliphatic carbocycles. The van der Waals surface area contributed by atoms with Gasteiger partial charge in [-0.25, -0.2) is 4.98 Å². The zero-order valence-electron chi connectivity index (χ0n) is 17.3. The van der Waals surface area contributed by atoms with Crippen LogP contribution in [0, 0.1) is 0 Å². The second-order valence-electron chi connectivity index (χ2n) is 7.64. The first kappa shape index (κ1) is 21.0. The van der Waals surface area contributed by atoms with Gasteiger partial charge in [-0.2, -0.15) is 0 Å². The van der Waals surface area contributed by atoms with Crippen LogP contribution in [0.25, 0.3) is 0 Å². The van der Waals surface area contributed by atoms with E-state index >= 15 is 0 Å². The lowest BCUT2D eigenvalue weighted by Gasteiger charge is -2.30. The second kappa shape index (κ2) is 8.85. The molecule has 31 heavy (non-hydrogen) atoms. The van der Waals surface area contributed by atoms with Crippen molar-refractivity contribution in [3.05, 3.63) is 85.2 Å². The smallest absolute Gasteiger partial charge is 0.273 e. The van der Waals surface area contributed by atoms with E-state index in [0.29, 0.717) is 37.3 Å². The Morgan fingerprint density at radius 2 is 2.00 bits per heavy atom. The molecule has 0 saturated heterocycles. The molecule has 4 rings (SSSR count). The normalized spacial score (nSPS) is 13.1. The zero-order valence-corrected chi connectivity index (χ0v) is 18.2. The Morgan fingerprint density at radius 3 is 2.71 bits per heavy atom. The van der Waals surface area contributed by atoms with Crippen LogP contribution >= 0.6 is 11.3 Å². The Balaban J connectivity index is 1.66. The van der Waals surface area contributed by atoms with E-state index in [2.05, 4.69) is 11.9 Å². The molecule has 0 unspecified atom stereocenters. The third-order valence-corrected chi connectivity index (χ3v) is 6.34. The van der Waals surface area contributed by atoms with E-state index in [4.69, 9.17) is 5.73 Å². The Bertz CT molecular complexity index is 1180. The predicted octanol–water partition coefficient (Wildman–Crippen LogP) is 2.60. The minimum absolute atomic E-state index is 0.0272. The molecule has 7 nitrogen and oxygen atoms in total. The van der Waals surface area contributed by atoms with Gasteiger partial charge >= 0.3 is 0 Å². The lowest BCUT2D eigenvalue weighted by atomic mass is 9.96. The van der Waals surface area contributed by atoms with Crippen LogP contribution in [0.1, 0.15) is 55.9 Å². The minimum atomic E-state index is -0.729. The van der Waals surface area contributed by atoms with Crippen molar-refractivity contribution < 1.29 is 9.59 Å². The summed E-state index contributed by atoms with van der Waals surface area (Å²) < 4.78 is 1.50. The maximum absolute atomic E-state index is 13.0. The van der Waals surface area contributed by atoms with Crippen molar-refractivity contribution >= 4 is 23.2 Å². The SMILES string of the molecule is CCCc1nc(C(=O)N2CCc3c(cn(Cc4ccccc4)c(=O)c3C(N)=O)C2)cs1. The van der Waals surface area contributed by atoms with Crippen LogP contribution in [0.5, 0.6) is 0 Å².